The van der Waals surface area contributed by atoms with Gasteiger partial charge < -0.3 is 19.2 Å². The van der Waals surface area contributed by atoms with Gasteiger partial charge in [0.15, 0.2) is 5.82 Å². The van der Waals surface area contributed by atoms with Gasteiger partial charge in [-0.25, -0.2) is 19.4 Å². The first-order valence-electron chi connectivity index (χ1n) is 8.06. The molecule has 0 aliphatic rings. The third-order valence-corrected chi connectivity index (χ3v) is 3.17. The summed E-state index contributed by atoms with van der Waals surface area (Å²) < 4.78 is 14.0. The zero-order chi connectivity index (χ0) is 20.2. The van der Waals surface area contributed by atoms with Gasteiger partial charge in [-0.15, -0.1) is 0 Å². The quantitative estimate of drug-likeness (QED) is 0.361. The third kappa shape index (κ3) is 5.65. The summed E-state index contributed by atoms with van der Waals surface area (Å²) in [6, 6.07) is 9.28. The summed E-state index contributed by atoms with van der Waals surface area (Å²) in [6.07, 6.45) is 0.204. The monoisotopic (exact) mass is 375 g/mol. The fraction of sp³-hybridized carbons (Fsp3) is 0.333. The van der Waals surface area contributed by atoms with E-state index in [1.54, 1.807) is 20.8 Å². The highest BCUT2D eigenvalue weighted by Gasteiger charge is 2.34. The van der Waals surface area contributed by atoms with E-state index in [0.29, 0.717) is 5.69 Å². The van der Waals surface area contributed by atoms with Crippen molar-refractivity contribution in [3.63, 3.8) is 0 Å². The van der Waals surface area contributed by atoms with Gasteiger partial charge in [-0.05, 0) is 33.3 Å². The van der Waals surface area contributed by atoms with E-state index in [9.17, 15) is 14.4 Å². The molecule has 0 saturated carbocycles. The molecule has 0 spiro atoms. The van der Waals surface area contributed by atoms with Crippen molar-refractivity contribution >= 4 is 18.1 Å². The number of carbonyl (C=O) groups excluding carboxylic acids is 3. The summed E-state index contributed by atoms with van der Waals surface area (Å²) >= 11 is 0. The predicted molar refractivity (Wildman–Crippen MR) is 94.0 cm³/mol. The van der Waals surface area contributed by atoms with Crippen LogP contribution in [0.4, 0.5) is 4.79 Å². The standard InChI is InChI=1S/C18H21N3O6/c1-17(2,3)27-16(24)25-13(22)14(23)26-18(4,19)15-20-10-12(21-15)11-8-6-5-7-9-11/h5-10H,19H2,1-4H3,(H,20,21)/t18-/m0/s1. The largest absolute Gasteiger partial charge is 0.517 e. The number of esters is 2. The number of carbonyl (C=O) groups is 3. The molecule has 9 heteroatoms. The highest BCUT2D eigenvalue weighted by atomic mass is 16.8. The van der Waals surface area contributed by atoms with Gasteiger partial charge in [0.2, 0.25) is 5.72 Å². The predicted octanol–water partition coefficient (Wildman–Crippen LogP) is 2.23. The Kier molecular flexibility index (Phi) is 5.65. The van der Waals surface area contributed by atoms with Crippen LogP contribution in [0, 0.1) is 0 Å². The number of ether oxygens (including phenoxy) is 3. The summed E-state index contributed by atoms with van der Waals surface area (Å²) in [5.41, 5.74) is 4.80. The molecule has 3 N–H and O–H groups in total. The van der Waals surface area contributed by atoms with Crippen molar-refractivity contribution in [1.29, 1.82) is 0 Å². The lowest BCUT2D eigenvalue weighted by Crippen LogP contribution is -2.42. The third-order valence-electron chi connectivity index (χ3n) is 3.17. The lowest BCUT2D eigenvalue weighted by atomic mass is 10.2. The topological polar surface area (TPSA) is 134 Å². The van der Waals surface area contributed by atoms with Crippen LogP contribution in [0.2, 0.25) is 0 Å². The molecule has 0 unspecified atom stereocenters. The fourth-order valence-electron chi connectivity index (χ4n) is 2.01. The summed E-state index contributed by atoms with van der Waals surface area (Å²) in [5, 5.41) is 0. The number of nitrogens with zero attached hydrogens (tertiary/aromatic N) is 1. The Bertz CT molecular complexity index is 836. The molecule has 0 amide bonds. The number of H-pyrrole nitrogens is 1. The number of aromatic amines is 1. The van der Waals surface area contributed by atoms with E-state index in [-0.39, 0.29) is 5.82 Å². The van der Waals surface area contributed by atoms with Crippen LogP contribution < -0.4 is 5.73 Å². The van der Waals surface area contributed by atoms with E-state index >= 15 is 0 Å². The van der Waals surface area contributed by atoms with Gasteiger partial charge in [-0.3, -0.25) is 5.73 Å². The van der Waals surface area contributed by atoms with Crippen molar-refractivity contribution in [3.8, 4) is 11.3 Å². The summed E-state index contributed by atoms with van der Waals surface area (Å²) in [6.45, 7) is 6.07. The summed E-state index contributed by atoms with van der Waals surface area (Å²) in [5.74, 6) is -2.89. The maximum absolute atomic E-state index is 11.9. The SMILES string of the molecule is CC(C)(C)OC(=O)OC(=O)C(=O)O[C@](C)(N)c1ncc(-c2ccccc2)[nH]1. The molecular weight excluding hydrogens is 354 g/mol. The van der Waals surface area contributed by atoms with Crippen molar-refractivity contribution in [2.45, 2.75) is 39.0 Å². The molecule has 0 saturated heterocycles. The minimum atomic E-state index is -1.75. The fourth-order valence-corrected chi connectivity index (χ4v) is 2.01. The zero-order valence-electron chi connectivity index (χ0n) is 15.4. The Morgan fingerprint density at radius 1 is 1.00 bits per heavy atom. The Morgan fingerprint density at radius 3 is 2.22 bits per heavy atom. The van der Waals surface area contributed by atoms with Crippen molar-refractivity contribution in [3.05, 3.63) is 42.4 Å². The highest BCUT2D eigenvalue weighted by Crippen LogP contribution is 2.22. The van der Waals surface area contributed by atoms with Gasteiger partial charge in [0.25, 0.3) is 0 Å². The number of rotatable bonds is 3. The molecule has 0 bridgehead atoms. The maximum Gasteiger partial charge on any atom is 0.517 e. The van der Waals surface area contributed by atoms with Crippen LogP contribution in [0.1, 0.15) is 33.5 Å². The van der Waals surface area contributed by atoms with E-state index < -0.39 is 29.4 Å². The molecule has 1 aromatic carbocycles. The van der Waals surface area contributed by atoms with E-state index in [4.69, 9.17) is 15.2 Å². The second-order valence-corrected chi connectivity index (χ2v) is 6.86. The van der Waals surface area contributed by atoms with Gasteiger partial charge >= 0.3 is 18.1 Å². The van der Waals surface area contributed by atoms with E-state index in [2.05, 4.69) is 14.7 Å². The van der Waals surface area contributed by atoms with E-state index in [1.807, 2.05) is 30.3 Å². The van der Waals surface area contributed by atoms with Gasteiger partial charge in [0, 0.05) is 0 Å². The van der Waals surface area contributed by atoms with Gasteiger partial charge in [-0.1, -0.05) is 30.3 Å². The maximum atomic E-state index is 11.9. The molecule has 2 rings (SSSR count). The van der Waals surface area contributed by atoms with Crippen LogP contribution in [0.15, 0.2) is 36.5 Å². The number of hydrogen-bond acceptors (Lipinski definition) is 8. The number of nitrogens with one attached hydrogen (secondary N) is 1. The molecule has 27 heavy (non-hydrogen) atoms. The molecule has 0 radical (unpaired) electrons. The first kappa shape index (κ1) is 20.1. The van der Waals surface area contributed by atoms with Crippen molar-refractivity contribution < 1.29 is 28.6 Å². The molecule has 1 atom stereocenters. The first-order chi connectivity index (χ1) is 12.5. The van der Waals surface area contributed by atoms with Gasteiger partial charge in [0.05, 0.1) is 11.9 Å². The van der Waals surface area contributed by atoms with Crippen LogP contribution >= 0.6 is 0 Å². The molecular formula is C18H21N3O6. The number of benzene rings is 1. The lowest BCUT2D eigenvalue weighted by molar-refractivity contribution is -0.176. The van der Waals surface area contributed by atoms with Crippen molar-refractivity contribution in [2.75, 3.05) is 0 Å². The average Bonchev–Trinajstić information content (AvgIpc) is 3.04. The van der Waals surface area contributed by atoms with Crippen LogP contribution in [-0.2, 0) is 29.5 Å². The smallest absolute Gasteiger partial charge is 0.428 e. The van der Waals surface area contributed by atoms with Crippen LogP contribution in [0.5, 0.6) is 0 Å². The number of imidazole rings is 1. The Morgan fingerprint density at radius 2 is 1.63 bits per heavy atom. The van der Waals surface area contributed by atoms with Crippen LogP contribution in [-0.4, -0.2) is 33.7 Å². The molecule has 2 aromatic rings. The van der Waals surface area contributed by atoms with E-state index in [1.165, 1.54) is 13.1 Å². The minimum absolute atomic E-state index is 0.111. The van der Waals surface area contributed by atoms with Crippen molar-refractivity contribution in [2.24, 2.45) is 5.73 Å². The molecule has 0 aliphatic heterocycles. The number of aromatic nitrogens is 2. The van der Waals surface area contributed by atoms with Crippen LogP contribution in [0.25, 0.3) is 11.3 Å². The van der Waals surface area contributed by atoms with E-state index in [0.717, 1.165) is 5.56 Å². The number of nitrogens with two attached hydrogens (primary N) is 1. The molecule has 1 aromatic heterocycles. The normalized spacial score (nSPS) is 13.4. The molecule has 0 fully saturated rings. The Balaban J connectivity index is 2.03. The average molecular weight is 375 g/mol. The second-order valence-electron chi connectivity index (χ2n) is 6.86. The van der Waals surface area contributed by atoms with Gasteiger partial charge in [-0.2, -0.15) is 0 Å². The number of hydrogen-bond donors (Lipinski definition) is 2. The van der Waals surface area contributed by atoms with Crippen molar-refractivity contribution in [1.82, 2.24) is 9.97 Å². The van der Waals surface area contributed by atoms with Gasteiger partial charge in [0.1, 0.15) is 5.60 Å². The first-order valence-corrected chi connectivity index (χ1v) is 8.06. The zero-order valence-corrected chi connectivity index (χ0v) is 15.4. The minimum Gasteiger partial charge on any atom is -0.428 e. The summed E-state index contributed by atoms with van der Waals surface area (Å²) in [7, 11) is 0. The molecule has 9 nitrogen and oxygen atoms in total. The van der Waals surface area contributed by atoms with Crippen LogP contribution in [0.3, 0.4) is 0 Å². The second kappa shape index (κ2) is 7.58. The molecule has 0 aliphatic carbocycles. The lowest BCUT2D eigenvalue weighted by Gasteiger charge is -2.22. The Hall–Kier alpha value is -3.20. The summed E-state index contributed by atoms with van der Waals surface area (Å²) in [4.78, 5) is 42.0. The highest BCUT2D eigenvalue weighted by molar-refractivity contribution is 6.31. The Labute approximate surface area is 155 Å². The molecule has 1 heterocycles. The molecule has 144 valence electrons.